The molecular formula is C19H16FN3O3. The fourth-order valence-corrected chi connectivity index (χ4v) is 3.00. The van der Waals surface area contributed by atoms with Crippen LogP contribution in [-0.2, 0) is 11.4 Å². The molecule has 0 N–H and O–H groups in total. The van der Waals surface area contributed by atoms with E-state index in [9.17, 15) is 9.18 Å². The van der Waals surface area contributed by atoms with Gasteiger partial charge in [0.15, 0.2) is 5.82 Å². The van der Waals surface area contributed by atoms with E-state index in [1.807, 2.05) is 12.1 Å². The van der Waals surface area contributed by atoms with Crippen LogP contribution in [0.1, 0.15) is 23.7 Å². The van der Waals surface area contributed by atoms with Crippen molar-refractivity contribution >= 4 is 11.6 Å². The van der Waals surface area contributed by atoms with Gasteiger partial charge >= 0.3 is 0 Å². The van der Waals surface area contributed by atoms with E-state index in [4.69, 9.17) is 9.26 Å². The Hall–Kier alpha value is -3.22. The molecule has 26 heavy (non-hydrogen) atoms. The van der Waals surface area contributed by atoms with Crippen LogP contribution in [0, 0.1) is 5.82 Å². The summed E-state index contributed by atoms with van der Waals surface area (Å²) in [6.07, 6.45) is 1.63. The number of aromatic nitrogens is 2. The minimum absolute atomic E-state index is 0.0215. The molecule has 0 bridgehead atoms. The second-order valence-electron chi connectivity index (χ2n) is 6.11. The summed E-state index contributed by atoms with van der Waals surface area (Å²) in [5, 5.41) is 3.82. The van der Waals surface area contributed by atoms with E-state index < -0.39 is 0 Å². The maximum atomic E-state index is 13.2. The zero-order valence-electron chi connectivity index (χ0n) is 13.8. The molecule has 2 aromatic carbocycles. The minimum atomic E-state index is -0.287. The van der Waals surface area contributed by atoms with Crippen LogP contribution in [0.25, 0.3) is 0 Å². The molecule has 1 fully saturated rings. The molecule has 4 rings (SSSR count). The van der Waals surface area contributed by atoms with Gasteiger partial charge in [0.25, 0.3) is 0 Å². The highest BCUT2D eigenvalue weighted by atomic mass is 19.1. The molecule has 1 amide bonds. The predicted octanol–water partition coefficient (Wildman–Crippen LogP) is 3.31. The van der Waals surface area contributed by atoms with E-state index in [0.29, 0.717) is 24.5 Å². The third kappa shape index (κ3) is 3.42. The van der Waals surface area contributed by atoms with Crippen molar-refractivity contribution in [2.75, 3.05) is 11.4 Å². The molecule has 6 nitrogen and oxygen atoms in total. The van der Waals surface area contributed by atoms with Crippen LogP contribution >= 0.6 is 0 Å². The van der Waals surface area contributed by atoms with E-state index >= 15 is 0 Å². The Bertz CT molecular complexity index is 897. The number of hydrogen-bond acceptors (Lipinski definition) is 5. The molecule has 1 aromatic heterocycles. The summed E-state index contributed by atoms with van der Waals surface area (Å²) in [6, 6.07) is 13.5. The average Bonchev–Trinajstić information content (AvgIpc) is 3.30. The van der Waals surface area contributed by atoms with Crippen molar-refractivity contribution < 1.29 is 18.4 Å². The number of anilines is 1. The lowest BCUT2D eigenvalue weighted by molar-refractivity contribution is -0.117. The van der Waals surface area contributed by atoms with Crippen molar-refractivity contribution in [3.63, 3.8) is 0 Å². The van der Waals surface area contributed by atoms with Gasteiger partial charge in [0.05, 0.1) is 0 Å². The van der Waals surface area contributed by atoms with Gasteiger partial charge in [0.2, 0.25) is 12.3 Å². The van der Waals surface area contributed by atoms with Gasteiger partial charge in [-0.3, -0.25) is 4.79 Å². The standard InChI is InChI=1S/C19H16FN3O3/c20-15-3-1-2-13(8-15)11-25-17-6-4-16(5-7-17)23-10-14(9-18(23)24)19-21-12-26-22-19/h1-8,12,14H,9-11H2/t14-/m1/s1. The zero-order chi connectivity index (χ0) is 17.9. The highest BCUT2D eigenvalue weighted by Crippen LogP contribution is 2.31. The third-order valence-corrected chi connectivity index (χ3v) is 4.31. The second kappa shape index (κ2) is 6.95. The van der Waals surface area contributed by atoms with Crippen LogP contribution in [0.4, 0.5) is 10.1 Å². The van der Waals surface area contributed by atoms with E-state index in [-0.39, 0.29) is 24.2 Å². The number of amides is 1. The fraction of sp³-hybridized carbons (Fsp3) is 0.211. The molecule has 0 saturated carbocycles. The topological polar surface area (TPSA) is 68.5 Å². The van der Waals surface area contributed by atoms with Gasteiger partial charge in [-0.1, -0.05) is 17.3 Å². The Balaban J connectivity index is 1.40. The largest absolute Gasteiger partial charge is 0.489 e. The van der Waals surface area contributed by atoms with Crippen molar-refractivity contribution in [1.29, 1.82) is 0 Å². The summed E-state index contributed by atoms with van der Waals surface area (Å²) in [5.41, 5.74) is 1.55. The summed E-state index contributed by atoms with van der Waals surface area (Å²) < 4.78 is 23.6. The van der Waals surface area contributed by atoms with Crippen LogP contribution in [-0.4, -0.2) is 22.6 Å². The Labute approximate surface area is 149 Å². The number of benzene rings is 2. The van der Waals surface area contributed by atoms with Crippen LogP contribution in [0.5, 0.6) is 5.75 Å². The lowest BCUT2D eigenvalue weighted by Gasteiger charge is -2.16. The molecule has 2 heterocycles. The minimum Gasteiger partial charge on any atom is -0.489 e. The van der Waals surface area contributed by atoms with E-state index in [1.165, 1.54) is 18.5 Å². The molecular weight excluding hydrogens is 337 g/mol. The normalized spacial score (nSPS) is 16.9. The molecule has 1 atom stereocenters. The lowest BCUT2D eigenvalue weighted by atomic mass is 10.1. The quantitative estimate of drug-likeness (QED) is 0.704. The molecule has 1 saturated heterocycles. The van der Waals surface area contributed by atoms with Gasteiger partial charge in [-0.05, 0) is 42.0 Å². The highest BCUT2D eigenvalue weighted by molar-refractivity contribution is 5.96. The molecule has 0 unspecified atom stereocenters. The molecule has 1 aliphatic rings. The van der Waals surface area contributed by atoms with Crippen molar-refractivity contribution in [2.45, 2.75) is 18.9 Å². The fourth-order valence-electron chi connectivity index (χ4n) is 3.00. The molecule has 0 spiro atoms. The Morgan fingerprint density at radius 1 is 1.23 bits per heavy atom. The lowest BCUT2D eigenvalue weighted by Crippen LogP contribution is -2.24. The molecule has 132 valence electrons. The number of hydrogen-bond donors (Lipinski definition) is 0. The zero-order valence-corrected chi connectivity index (χ0v) is 13.8. The van der Waals surface area contributed by atoms with Crippen LogP contribution in [0.3, 0.4) is 0 Å². The van der Waals surface area contributed by atoms with E-state index in [2.05, 4.69) is 10.1 Å². The highest BCUT2D eigenvalue weighted by Gasteiger charge is 2.33. The smallest absolute Gasteiger partial charge is 0.227 e. The summed E-state index contributed by atoms with van der Waals surface area (Å²) in [4.78, 5) is 18.0. The third-order valence-electron chi connectivity index (χ3n) is 4.31. The second-order valence-corrected chi connectivity index (χ2v) is 6.11. The molecule has 7 heteroatoms. The monoisotopic (exact) mass is 353 g/mol. The van der Waals surface area contributed by atoms with Gasteiger partial charge in [-0.25, -0.2) is 4.39 Å². The summed E-state index contributed by atoms with van der Waals surface area (Å²) in [7, 11) is 0. The van der Waals surface area contributed by atoms with Gasteiger partial charge in [-0.15, -0.1) is 0 Å². The first-order valence-corrected chi connectivity index (χ1v) is 8.23. The van der Waals surface area contributed by atoms with Crippen molar-refractivity contribution in [2.24, 2.45) is 0 Å². The van der Waals surface area contributed by atoms with Gasteiger partial charge in [0, 0.05) is 24.6 Å². The maximum Gasteiger partial charge on any atom is 0.227 e. The SMILES string of the molecule is O=C1C[C@@H](c2ncon2)CN1c1ccc(OCc2cccc(F)c2)cc1. The number of carbonyl (C=O) groups is 1. The average molecular weight is 353 g/mol. The number of rotatable bonds is 5. The molecule has 0 aliphatic carbocycles. The number of carbonyl (C=O) groups excluding carboxylic acids is 1. The van der Waals surface area contributed by atoms with E-state index in [0.717, 1.165) is 11.3 Å². The number of ether oxygens (including phenoxy) is 1. The van der Waals surface area contributed by atoms with Crippen molar-refractivity contribution in [3.8, 4) is 5.75 Å². The first kappa shape index (κ1) is 16.3. The predicted molar refractivity (Wildman–Crippen MR) is 91.2 cm³/mol. The van der Waals surface area contributed by atoms with Crippen LogP contribution in [0.15, 0.2) is 59.4 Å². The molecule has 1 aliphatic heterocycles. The van der Waals surface area contributed by atoms with Gasteiger partial charge in [0.1, 0.15) is 18.2 Å². The summed E-state index contributed by atoms with van der Waals surface area (Å²) >= 11 is 0. The van der Waals surface area contributed by atoms with Gasteiger partial charge < -0.3 is 14.2 Å². The Kier molecular flexibility index (Phi) is 4.35. The number of halogens is 1. The first-order chi connectivity index (χ1) is 12.7. The van der Waals surface area contributed by atoms with Crippen LogP contribution in [0.2, 0.25) is 0 Å². The van der Waals surface area contributed by atoms with Crippen molar-refractivity contribution in [1.82, 2.24) is 10.1 Å². The van der Waals surface area contributed by atoms with Gasteiger partial charge in [-0.2, -0.15) is 4.98 Å². The maximum absolute atomic E-state index is 13.2. The Morgan fingerprint density at radius 2 is 2.08 bits per heavy atom. The molecule has 3 aromatic rings. The first-order valence-electron chi connectivity index (χ1n) is 8.23. The molecule has 0 radical (unpaired) electrons. The van der Waals surface area contributed by atoms with Crippen LogP contribution < -0.4 is 9.64 Å². The summed E-state index contributed by atoms with van der Waals surface area (Å²) in [6.45, 7) is 0.793. The van der Waals surface area contributed by atoms with Crippen molar-refractivity contribution in [3.05, 3.63) is 72.1 Å². The number of nitrogens with zero attached hydrogens (tertiary/aromatic N) is 3. The Morgan fingerprint density at radius 3 is 2.81 bits per heavy atom. The van der Waals surface area contributed by atoms with E-state index in [1.54, 1.807) is 29.2 Å². The summed E-state index contributed by atoms with van der Waals surface area (Å²) in [5.74, 6) is 0.874.